The van der Waals surface area contributed by atoms with Crippen LogP contribution in [-0.2, 0) is 16.1 Å². The molecule has 162 valence electrons. The van der Waals surface area contributed by atoms with E-state index in [4.69, 9.17) is 20.9 Å². The molecule has 6 nitrogen and oxygen atoms in total. The van der Waals surface area contributed by atoms with Gasteiger partial charge in [0, 0.05) is 17.0 Å². The van der Waals surface area contributed by atoms with E-state index < -0.39 is 38.4 Å². The van der Waals surface area contributed by atoms with Gasteiger partial charge in [-0.3, -0.25) is 4.52 Å². The summed E-state index contributed by atoms with van der Waals surface area (Å²) in [6.45, 7) is 2.99. The molecule has 0 spiro atoms. The lowest BCUT2D eigenvalue weighted by molar-refractivity contribution is -0.170. The van der Waals surface area contributed by atoms with Crippen LogP contribution in [-0.4, -0.2) is 17.0 Å². The van der Waals surface area contributed by atoms with Gasteiger partial charge < -0.3 is 9.63 Å². The average molecular weight is 467 g/mol. The van der Waals surface area contributed by atoms with Gasteiger partial charge >= 0.3 is 14.1 Å². The number of benzene rings is 2. The normalized spacial score (nSPS) is 12.8. The number of aromatic nitrogens is 1. The van der Waals surface area contributed by atoms with Crippen molar-refractivity contribution in [3.05, 3.63) is 70.9 Å². The second-order valence-corrected chi connectivity index (χ2v) is 8.24. The first kappa shape index (κ1) is 23.0. The van der Waals surface area contributed by atoms with Crippen molar-refractivity contribution in [3.63, 3.8) is 0 Å². The van der Waals surface area contributed by atoms with E-state index in [1.807, 2.05) is 0 Å². The number of hydrogen-bond donors (Lipinski definition) is 0. The molecule has 2 aromatic carbocycles. The van der Waals surface area contributed by atoms with Crippen molar-refractivity contribution in [2.24, 2.45) is 10.7 Å². The van der Waals surface area contributed by atoms with Crippen LogP contribution in [0, 0.1) is 17.6 Å². The number of carbonyl (C=O) groups excluding carboxylic acids is 1. The van der Waals surface area contributed by atoms with Crippen molar-refractivity contribution in [1.82, 2.24) is 4.98 Å². The van der Waals surface area contributed by atoms with Crippen molar-refractivity contribution in [3.8, 4) is 5.75 Å². The van der Waals surface area contributed by atoms with E-state index in [1.54, 1.807) is 44.2 Å². The Hall–Kier alpha value is -2.67. The standard InChI is InChI=1S/C21H18ClF2N2O4P/c1-12(2)20(21(27)29-11-14-3-5-15(23)10-17(14)24)26-31(28)30-16-6-7-18-13(9-16)4-8-19(22)25-18/h3-10,12,20H,11H2,1-2H3/t20-/m0/s1. The lowest BCUT2D eigenvalue weighted by Crippen LogP contribution is -2.27. The topological polar surface area (TPSA) is 83.8 Å². The lowest BCUT2D eigenvalue weighted by Gasteiger charge is -2.13. The van der Waals surface area contributed by atoms with Gasteiger partial charge in [0.25, 0.3) is 0 Å². The largest absolute Gasteiger partial charge is 0.575 e. The molecule has 1 heterocycles. The molecule has 2 atom stereocenters. The first-order valence-electron chi connectivity index (χ1n) is 9.26. The number of pyridine rings is 1. The monoisotopic (exact) mass is 466 g/mol. The van der Waals surface area contributed by atoms with Gasteiger partial charge in [-0.25, -0.2) is 18.6 Å². The van der Waals surface area contributed by atoms with E-state index in [0.29, 0.717) is 16.7 Å². The number of carbonyl (C=O) groups is 1. The van der Waals surface area contributed by atoms with Crippen LogP contribution in [0.5, 0.6) is 5.75 Å². The van der Waals surface area contributed by atoms with Crippen LogP contribution in [0.2, 0.25) is 5.15 Å². The first-order valence-corrected chi connectivity index (χ1v) is 10.8. The quantitative estimate of drug-likeness (QED) is 0.272. The molecule has 31 heavy (non-hydrogen) atoms. The minimum Gasteiger partial charge on any atom is -0.575 e. The summed E-state index contributed by atoms with van der Waals surface area (Å²) >= 11 is 5.85. The summed E-state index contributed by atoms with van der Waals surface area (Å²) in [5.74, 6) is -2.42. The molecule has 0 aliphatic carbocycles. The Kier molecular flexibility index (Phi) is 7.49. The van der Waals surface area contributed by atoms with Gasteiger partial charge in [0.05, 0.1) is 5.52 Å². The summed E-state index contributed by atoms with van der Waals surface area (Å²) < 4.78 is 41.1. The predicted molar refractivity (Wildman–Crippen MR) is 112 cm³/mol. The SMILES string of the molecule is CC(C)[C@H](N=[P+]([O-])Oc1ccc2nc(Cl)ccc2c1)C(=O)OCc1ccc(F)cc1F. The van der Waals surface area contributed by atoms with Gasteiger partial charge in [0.1, 0.15) is 23.4 Å². The smallest absolute Gasteiger partial charge is 0.395 e. The van der Waals surface area contributed by atoms with Gasteiger partial charge in [-0.05, 0) is 48.4 Å². The van der Waals surface area contributed by atoms with Crippen molar-refractivity contribution >= 4 is 36.6 Å². The molecule has 0 radical (unpaired) electrons. The number of nitrogens with zero attached hydrogens (tertiary/aromatic N) is 2. The zero-order valence-corrected chi connectivity index (χ0v) is 18.2. The number of rotatable bonds is 7. The van der Waals surface area contributed by atoms with E-state index in [0.717, 1.165) is 11.5 Å². The molecule has 3 rings (SSSR count). The number of hydrogen-bond acceptors (Lipinski definition) is 6. The fraction of sp³-hybridized carbons (Fsp3) is 0.238. The molecule has 3 aromatic rings. The molecule has 0 N–H and O–H groups in total. The van der Waals surface area contributed by atoms with E-state index in [1.165, 1.54) is 6.07 Å². The van der Waals surface area contributed by atoms with Crippen molar-refractivity contribution in [2.75, 3.05) is 0 Å². The molecule has 0 amide bonds. The first-order chi connectivity index (χ1) is 14.7. The van der Waals surface area contributed by atoms with Crippen LogP contribution in [0.15, 0.2) is 53.3 Å². The Morgan fingerprint density at radius 1 is 1.19 bits per heavy atom. The molecular formula is C21H18ClF2N2O4P. The molecule has 1 unspecified atom stereocenters. The lowest BCUT2D eigenvalue weighted by atomic mass is 10.1. The Bertz CT molecular complexity index is 1140. The van der Waals surface area contributed by atoms with Gasteiger partial charge in [0.15, 0.2) is 11.8 Å². The van der Waals surface area contributed by atoms with E-state index in [2.05, 4.69) is 9.73 Å². The van der Waals surface area contributed by atoms with Gasteiger partial charge in [0.2, 0.25) is 0 Å². The maximum Gasteiger partial charge on any atom is 0.395 e. The van der Waals surface area contributed by atoms with Gasteiger partial charge in [-0.15, -0.1) is 0 Å². The maximum absolute atomic E-state index is 13.7. The molecular weight excluding hydrogens is 449 g/mol. The molecule has 0 bridgehead atoms. The van der Waals surface area contributed by atoms with Crippen molar-refractivity contribution in [1.29, 1.82) is 0 Å². The second kappa shape index (κ2) is 10.1. The van der Waals surface area contributed by atoms with Crippen LogP contribution >= 0.6 is 19.8 Å². The van der Waals surface area contributed by atoms with E-state index in [-0.39, 0.29) is 17.2 Å². The van der Waals surface area contributed by atoms with Crippen LogP contribution in [0.25, 0.3) is 10.9 Å². The van der Waals surface area contributed by atoms with E-state index in [9.17, 15) is 18.5 Å². The maximum atomic E-state index is 13.7. The van der Waals surface area contributed by atoms with Crippen LogP contribution in [0.3, 0.4) is 0 Å². The molecule has 0 aliphatic rings. The molecule has 0 saturated heterocycles. The summed E-state index contributed by atoms with van der Waals surface area (Å²) in [4.78, 5) is 29.0. The highest BCUT2D eigenvalue weighted by Gasteiger charge is 2.28. The Labute approximate surface area is 183 Å². The fourth-order valence-electron chi connectivity index (χ4n) is 2.68. The molecule has 0 aliphatic heterocycles. The van der Waals surface area contributed by atoms with Crippen LogP contribution < -0.4 is 9.42 Å². The highest BCUT2D eigenvalue weighted by atomic mass is 35.5. The zero-order chi connectivity index (χ0) is 22.5. The number of fused-ring (bicyclic) bond motifs is 1. The van der Waals surface area contributed by atoms with Crippen molar-refractivity contribution < 1.29 is 27.7 Å². The summed E-state index contributed by atoms with van der Waals surface area (Å²) in [5, 5.41) is 1.08. The summed E-state index contributed by atoms with van der Waals surface area (Å²) in [6.07, 6.45) is 0. The Balaban J connectivity index is 1.70. The molecule has 1 aromatic heterocycles. The third kappa shape index (κ3) is 6.17. The third-order valence-corrected chi connectivity index (χ3v) is 5.30. The molecule has 0 saturated carbocycles. The van der Waals surface area contributed by atoms with E-state index >= 15 is 0 Å². The van der Waals surface area contributed by atoms with Gasteiger partial charge in [-0.1, -0.05) is 30.2 Å². The van der Waals surface area contributed by atoms with Gasteiger partial charge in [-0.2, -0.15) is 0 Å². The number of esters is 1. The molecule has 10 heteroatoms. The molecule has 0 fully saturated rings. The average Bonchev–Trinajstić information content (AvgIpc) is 2.71. The van der Waals surface area contributed by atoms with Crippen molar-refractivity contribution in [2.45, 2.75) is 26.5 Å². The second-order valence-electron chi connectivity index (χ2n) is 6.97. The summed E-state index contributed by atoms with van der Waals surface area (Å²) in [7, 11) is -2.59. The highest BCUT2D eigenvalue weighted by molar-refractivity contribution is 7.34. The Morgan fingerprint density at radius 3 is 2.68 bits per heavy atom. The third-order valence-electron chi connectivity index (χ3n) is 4.29. The minimum absolute atomic E-state index is 0.0165. The summed E-state index contributed by atoms with van der Waals surface area (Å²) in [6, 6.07) is 10.1. The zero-order valence-electron chi connectivity index (χ0n) is 16.6. The minimum atomic E-state index is -2.59. The number of halogens is 3. The highest BCUT2D eigenvalue weighted by Crippen LogP contribution is 2.29. The summed E-state index contributed by atoms with van der Waals surface area (Å²) in [5.41, 5.74) is 0.659. The number of ether oxygens (including phenoxy) is 1. The fourth-order valence-corrected chi connectivity index (χ4v) is 3.74. The predicted octanol–water partition coefficient (Wildman–Crippen LogP) is 5.17. The Morgan fingerprint density at radius 2 is 1.97 bits per heavy atom. The van der Waals surface area contributed by atoms with Crippen LogP contribution in [0.4, 0.5) is 8.78 Å². The van der Waals surface area contributed by atoms with Crippen LogP contribution in [0.1, 0.15) is 19.4 Å².